The quantitative estimate of drug-likeness (QED) is 0.856. The van der Waals surface area contributed by atoms with Gasteiger partial charge in [0.15, 0.2) is 11.5 Å². The fourth-order valence-corrected chi connectivity index (χ4v) is 4.90. The van der Waals surface area contributed by atoms with E-state index in [2.05, 4.69) is 15.4 Å². The minimum Gasteiger partial charge on any atom is -0.461 e. The van der Waals surface area contributed by atoms with Gasteiger partial charge >= 0.3 is 0 Å². The molecule has 0 aromatic carbocycles. The molecule has 1 amide bonds. The zero-order valence-electron chi connectivity index (χ0n) is 14.6. The molecule has 7 nitrogen and oxygen atoms in total. The number of furan rings is 1. The average Bonchev–Trinajstić information content (AvgIpc) is 3.39. The Morgan fingerprint density at radius 3 is 2.81 bits per heavy atom. The van der Waals surface area contributed by atoms with Crippen LogP contribution < -0.4 is 5.32 Å². The molecule has 0 saturated carbocycles. The van der Waals surface area contributed by atoms with Crippen molar-refractivity contribution in [2.45, 2.75) is 18.4 Å². The van der Waals surface area contributed by atoms with Crippen molar-refractivity contribution in [2.24, 2.45) is 0 Å². The van der Waals surface area contributed by atoms with Gasteiger partial charge < -0.3 is 19.0 Å². The van der Waals surface area contributed by atoms with Crippen LogP contribution in [0.3, 0.4) is 0 Å². The molecule has 0 radical (unpaired) electrons. The topological polar surface area (TPSA) is 80.7 Å². The Balaban J connectivity index is 1.43. The first-order chi connectivity index (χ1) is 12.8. The lowest BCUT2D eigenvalue weighted by Crippen LogP contribution is -2.60. The van der Waals surface area contributed by atoms with Crippen LogP contribution in [0.4, 0.5) is 0 Å². The maximum atomic E-state index is 12.6. The molecule has 4 heterocycles. The maximum Gasteiger partial charge on any atom is 0.273 e. The lowest BCUT2D eigenvalue weighted by Gasteiger charge is -2.47. The third-order valence-corrected chi connectivity index (χ3v) is 6.18. The highest BCUT2D eigenvalue weighted by Crippen LogP contribution is 2.33. The number of carbonyl (C=O) groups excluding carboxylic acids is 1. The van der Waals surface area contributed by atoms with E-state index in [0.29, 0.717) is 18.1 Å². The number of hydrogen-bond acceptors (Lipinski definition) is 7. The number of nitrogens with zero attached hydrogens (tertiary/aromatic N) is 2. The van der Waals surface area contributed by atoms with Gasteiger partial charge in [-0.1, -0.05) is 5.16 Å². The highest BCUT2D eigenvalue weighted by atomic mass is 32.2. The van der Waals surface area contributed by atoms with Crippen molar-refractivity contribution in [1.29, 1.82) is 0 Å². The summed E-state index contributed by atoms with van der Waals surface area (Å²) in [6.07, 6.45) is 3.72. The first-order valence-electron chi connectivity index (χ1n) is 8.96. The van der Waals surface area contributed by atoms with Gasteiger partial charge in [-0.3, -0.25) is 9.69 Å². The first-order valence-corrected chi connectivity index (χ1v) is 10.1. The van der Waals surface area contributed by atoms with Crippen LogP contribution in [0.2, 0.25) is 0 Å². The van der Waals surface area contributed by atoms with E-state index in [1.165, 1.54) is 0 Å². The second-order valence-electron chi connectivity index (χ2n) is 6.67. The average molecular weight is 377 g/mol. The normalized spacial score (nSPS) is 20.8. The monoisotopic (exact) mass is 377 g/mol. The molecule has 0 bridgehead atoms. The Morgan fingerprint density at radius 2 is 2.08 bits per heavy atom. The number of amides is 1. The molecule has 0 atom stereocenters. The molecule has 2 aliphatic heterocycles. The van der Waals surface area contributed by atoms with E-state index in [1.807, 2.05) is 11.8 Å². The van der Waals surface area contributed by atoms with E-state index in [4.69, 9.17) is 13.7 Å². The predicted octanol–water partition coefficient (Wildman–Crippen LogP) is 2.26. The van der Waals surface area contributed by atoms with E-state index in [9.17, 15) is 4.79 Å². The molecule has 8 heteroatoms. The van der Waals surface area contributed by atoms with Crippen LogP contribution in [0, 0.1) is 0 Å². The molecule has 2 aliphatic rings. The van der Waals surface area contributed by atoms with Crippen LogP contribution >= 0.6 is 11.8 Å². The molecule has 4 rings (SSSR count). The molecule has 2 aromatic rings. The molecule has 0 spiro atoms. The Hall–Kier alpha value is -1.77. The minimum absolute atomic E-state index is 0.0122. The highest BCUT2D eigenvalue weighted by Gasteiger charge is 2.39. The number of nitrogens with one attached hydrogen (secondary N) is 1. The van der Waals surface area contributed by atoms with Gasteiger partial charge in [0.25, 0.3) is 5.91 Å². The van der Waals surface area contributed by atoms with E-state index in [0.717, 1.165) is 50.7 Å². The Kier molecular flexibility index (Phi) is 5.33. The molecular formula is C18H23N3O4S. The van der Waals surface area contributed by atoms with Crippen molar-refractivity contribution in [2.75, 3.05) is 44.4 Å². The lowest BCUT2D eigenvalue weighted by molar-refractivity contribution is -0.0255. The lowest BCUT2D eigenvalue weighted by atomic mass is 9.89. The number of carbonyl (C=O) groups is 1. The molecule has 2 aromatic heterocycles. The second kappa shape index (κ2) is 7.85. The minimum atomic E-state index is -0.211. The third-order valence-electron chi connectivity index (χ3n) is 5.19. The van der Waals surface area contributed by atoms with E-state index in [1.54, 1.807) is 24.5 Å². The SMILES string of the molecule is O=C(NCC1(N2CCOCC2)CCSCC1)c1cc(-c2ccco2)on1. The summed E-state index contributed by atoms with van der Waals surface area (Å²) in [5.74, 6) is 3.06. The molecule has 0 unspecified atom stereocenters. The molecule has 140 valence electrons. The van der Waals surface area contributed by atoms with E-state index >= 15 is 0 Å². The maximum absolute atomic E-state index is 12.6. The summed E-state index contributed by atoms with van der Waals surface area (Å²) >= 11 is 1.99. The molecule has 0 aliphatic carbocycles. The molecule has 26 heavy (non-hydrogen) atoms. The Labute approximate surface area is 156 Å². The summed E-state index contributed by atoms with van der Waals surface area (Å²) < 4.78 is 16.0. The summed E-state index contributed by atoms with van der Waals surface area (Å²) in [4.78, 5) is 15.1. The number of aromatic nitrogens is 1. The molecule has 1 N–H and O–H groups in total. The van der Waals surface area contributed by atoms with Crippen LogP contribution in [0.25, 0.3) is 11.5 Å². The molecule has 2 fully saturated rings. The number of rotatable bonds is 5. The summed E-state index contributed by atoms with van der Waals surface area (Å²) in [6, 6.07) is 5.16. The van der Waals surface area contributed by atoms with Crippen LogP contribution in [-0.2, 0) is 4.74 Å². The fraction of sp³-hybridized carbons (Fsp3) is 0.556. The van der Waals surface area contributed by atoms with Crippen molar-refractivity contribution < 1.29 is 18.5 Å². The second-order valence-corrected chi connectivity index (χ2v) is 7.90. The highest BCUT2D eigenvalue weighted by molar-refractivity contribution is 7.99. The molecule has 2 saturated heterocycles. The van der Waals surface area contributed by atoms with Gasteiger partial charge in [-0.05, 0) is 36.5 Å². The zero-order valence-corrected chi connectivity index (χ0v) is 15.4. The predicted molar refractivity (Wildman–Crippen MR) is 98.2 cm³/mol. The summed E-state index contributed by atoms with van der Waals surface area (Å²) in [6.45, 7) is 3.99. The van der Waals surface area contributed by atoms with E-state index in [-0.39, 0.29) is 17.1 Å². The van der Waals surface area contributed by atoms with Gasteiger partial charge in [0, 0.05) is 31.2 Å². The third kappa shape index (κ3) is 3.67. The smallest absolute Gasteiger partial charge is 0.273 e. The Bertz CT molecular complexity index is 719. The summed E-state index contributed by atoms with van der Waals surface area (Å²) in [5.41, 5.74) is 0.289. The number of hydrogen-bond donors (Lipinski definition) is 1. The number of thioether (sulfide) groups is 1. The van der Waals surface area contributed by atoms with Crippen LogP contribution in [0.5, 0.6) is 0 Å². The van der Waals surface area contributed by atoms with Crippen molar-refractivity contribution in [3.05, 3.63) is 30.2 Å². The van der Waals surface area contributed by atoms with Gasteiger partial charge in [-0.25, -0.2) is 0 Å². The number of morpholine rings is 1. The molecular weight excluding hydrogens is 354 g/mol. The standard InChI is InChI=1S/C18H23N3O4S/c22-17(14-12-16(25-20-14)15-2-1-7-24-15)19-13-18(3-10-26-11-4-18)21-5-8-23-9-6-21/h1-2,7,12H,3-6,8-11,13H2,(H,19,22). The number of ether oxygens (including phenoxy) is 1. The van der Waals surface area contributed by atoms with Gasteiger partial charge in [0.05, 0.1) is 19.5 Å². The van der Waals surface area contributed by atoms with Crippen molar-refractivity contribution >= 4 is 17.7 Å². The van der Waals surface area contributed by atoms with Crippen LogP contribution in [-0.4, -0.2) is 65.9 Å². The fourth-order valence-electron chi connectivity index (χ4n) is 3.65. The largest absolute Gasteiger partial charge is 0.461 e. The zero-order chi connectivity index (χ0) is 17.8. The van der Waals surface area contributed by atoms with Crippen molar-refractivity contribution in [3.8, 4) is 11.5 Å². The van der Waals surface area contributed by atoms with Gasteiger partial charge in [-0.15, -0.1) is 0 Å². The van der Waals surface area contributed by atoms with Gasteiger partial charge in [0.2, 0.25) is 5.76 Å². The first kappa shape index (κ1) is 17.6. The summed E-state index contributed by atoms with van der Waals surface area (Å²) in [5, 5.41) is 6.97. The van der Waals surface area contributed by atoms with Crippen LogP contribution in [0.1, 0.15) is 23.3 Å². The van der Waals surface area contributed by atoms with Gasteiger partial charge in [0.1, 0.15) is 0 Å². The Morgan fingerprint density at radius 1 is 1.27 bits per heavy atom. The van der Waals surface area contributed by atoms with Crippen LogP contribution in [0.15, 0.2) is 33.4 Å². The van der Waals surface area contributed by atoms with E-state index < -0.39 is 0 Å². The van der Waals surface area contributed by atoms with Crippen molar-refractivity contribution in [3.63, 3.8) is 0 Å². The van der Waals surface area contributed by atoms with Crippen molar-refractivity contribution in [1.82, 2.24) is 15.4 Å². The van der Waals surface area contributed by atoms with Gasteiger partial charge in [-0.2, -0.15) is 11.8 Å². The summed E-state index contributed by atoms with van der Waals surface area (Å²) in [7, 11) is 0.